The molecule has 0 atom stereocenters. The highest BCUT2D eigenvalue weighted by atomic mass is 16.5. The summed E-state index contributed by atoms with van der Waals surface area (Å²) in [4.78, 5) is 2.33. The van der Waals surface area contributed by atoms with Crippen molar-refractivity contribution in [3.05, 3.63) is 23.8 Å². The first-order valence-corrected chi connectivity index (χ1v) is 6.51. The van der Waals surface area contributed by atoms with E-state index in [1.807, 2.05) is 18.2 Å². The summed E-state index contributed by atoms with van der Waals surface area (Å²) in [6, 6.07) is 6.43. The van der Waals surface area contributed by atoms with Gasteiger partial charge < -0.3 is 15.6 Å². The van der Waals surface area contributed by atoms with Crippen LogP contribution in [-0.4, -0.2) is 36.3 Å². The third kappa shape index (κ3) is 3.15. The number of hydrogen-bond acceptors (Lipinski definition) is 4. The third-order valence-corrected chi connectivity index (χ3v) is 3.59. The summed E-state index contributed by atoms with van der Waals surface area (Å²) in [6.45, 7) is 1.75. The van der Waals surface area contributed by atoms with Crippen LogP contribution in [0.4, 0.5) is 5.69 Å². The molecule has 100 valence electrons. The van der Waals surface area contributed by atoms with Crippen molar-refractivity contribution in [1.82, 2.24) is 4.90 Å². The minimum absolute atomic E-state index is 0.204. The second-order valence-electron chi connectivity index (χ2n) is 4.89. The summed E-state index contributed by atoms with van der Waals surface area (Å²) < 4.78 is 5.23. The van der Waals surface area contributed by atoms with E-state index in [0.717, 1.165) is 30.1 Å². The van der Waals surface area contributed by atoms with Crippen molar-refractivity contribution >= 4 is 5.69 Å². The largest absolute Gasteiger partial charge is 0.497 e. The number of nitrogen functional groups attached to an aromatic ring is 1. The smallest absolute Gasteiger partial charge is 0.121 e. The summed E-state index contributed by atoms with van der Waals surface area (Å²) >= 11 is 0. The lowest BCUT2D eigenvalue weighted by Gasteiger charge is -2.37. The fourth-order valence-electron chi connectivity index (χ4n) is 2.40. The molecule has 2 rings (SSSR count). The maximum absolute atomic E-state index is 9.15. The molecule has 1 fully saturated rings. The first kappa shape index (κ1) is 13.2. The zero-order chi connectivity index (χ0) is 13.0. The molecule has 0 aliphatic heterocycles. The Hall–Kier alpha value is -1.26. The monoisotopic (exact) mass is 250 g/mol. The van der Waals surface area contributed by atoms with E-state index in [2.05, 4.69) is 4.90 Å². The molecule has 0 bridgehead atoms. The Kier molecular flexibility index (Phi) is 4.44. The fourth-order valence-corrected chi connectivity index (χ4v) is 2.40. The normalized spacial score (nSPS) is 15.7. The van der Waals surface area contributed by atoms with Crippen LogP contribution in [0.15, 0.2) is 18.2 Å². The fraction of sp³-hybridized carbons (Fsp3) is 0.571. The van der Waals surface area contributed by atoms with Gasteiger partial charge in [-0.3, -0.25) is 4.90 Å². The predicted molar refractivity (Wildman–Crippen MR) is 72.5 cm³/mol. The number of aliphatic hydroxyl groups is 1. The van der Waals surface area contributed by atoms with Crippen molar-refractivity contribution in [3.63, 3.8) is 0 Å². The summed E-state index contributed by atoms with van der Waals surface area (Å²) in [5.41, 5.74) is 7.73. The Labute approximate surface area is 108 Å². The van der Waals surface area contributed by atoms with Gasteiger partial charge in [0.15, 0.2) is 0 Å². The molecule has 0 amide bonds. The molecule has 1 aliphatic carbocycles. The number of benzene rings is 1. The Morgan fingerprint density at radius 3 is 2.72 bits per heavy atom. The van der Waals surface area contributed by atoms with Crippen LogP contribution in [0.3, 0.4) is 0 Å². The number of hydrogen-bond donors (Lipinski definition) is 2. The lowest BCUT2D eigenvalue weighted by Crippen LogP contribution is -2.41. The van der Waals surface area contributed by atoms with E-state index in [1.54, 1.807) is 7.11 Å². The van der Waals surface area contributed by atoms with Gasteiger partial charge in [0.05, 0.1) is 13.7 Å². The molecule has 18 heavy (non-hydrogen) atoms. The second kappa shape index (κ2) is 6.07. The zero-order valence-electron chi connectivity index (χ0n) is 10.9. The minimum atomic E-state index is 0.204. The van der Waals surface area contributed by atoms with Gasteiger partial charge in [0, 0.05) is 30.9 Å². The van der Waals surface area contributed by atoms with Crippen LogP contribution >= 0.6 is 0 Å². The second-order valence-corrected chi connectivity index (χ2v) is 4.89. The lowest BCUT2D eigenvalue weighted by molar-refractivity contribution is 0.0945. The van der Waals surface area contributed by atoms with Gasteiger partial charge in [-0.15, -0.1) is 0 Å². The average molecular weight is 250 g/mol. The van der Waals surface area contributed by atoms with Crippen molar-refractivity contribution in [2.45, 2.75) is 31.8 Å². The van der Waals surface area contributed by atoms with Crippen molar-refractivity contribution in [2.75, 3.05) is 26.0 Å². The van der Waals surface area contributed by atoms with Gasteiger partial charge in [0.25, 0.3) is 0 Å². The van der Waals surface area contributed by atoms with Crippen LogP contribution in [0.2, 0.25) is 0 Å². The first-order chi connectivity index (χ1) is 8.72. The lowest BCUT2D eigenvalue weighted by atomic mass is 9.91. The molecule has 0 radical (unpaired) electrons. The first-order valence-electron chi connectivity index (χ1n) is 6.51. The highest BCUT2D eigenvalue weighted by Gasteiger charge is 2.24. The molecule has 0 saturated heterocycles. The molecule has 3 N–H and O–H groups in total. The highest BCUT2D eigenvalue weighted by molar-refractivity contribution is 5.47. The molecular formula is C14H22N2O2. The molecule has 1 aromatic carbocycles. The van der Waals surface area contributed by atoms with Crippen molar-refractivity contribution in [2.24, 2.45) is 0 Å². The number of aliphatic hydroxyl groups excluding tert-OH is 1. The van der Waals surface area contributed by atoms with Gasteiger partial charge in [0.1, 0.15) is 5.75 Å². The van der Waals surface area contributed by atoms with E-state index in [1.165, 1.54) is 19.3 Å². The minimum Gasteiger partial charge on any atom is -0.497 e. The molecule has 0 aromatic heterocycles. The van der Waals surface area contributed by atoms with Crippen LogP contribution in [0, 0.1) is 0 Å². The topological polar surface area (TPSA) is 58.7 Å². The van der Waals surface area contributed by atoms with Gasteiger partial charge >= 0.3 is 0 Å². The maximum Gasteiger partial charge on any atom is 0.121 e. The Morgan fingerprint density at radius 1 is 1.39 bits per heavy atom. The van der Waals surface area contributed by atoms with Gasteiger partial charge in [0.2, 0.25) is 0 Å². The van der Waals surface area contributed by atoms with Crippen molar-refractivity contribution < 1.29 is 9.84 Å². The molecule has 4 heteroatoms. The summed E-state index contributed by atoms with van der Waals surface area (Å²) in [5.74, 6) is 0.794. The van der Waals surface area contributed by atoms with Crippen molar-refractivity contribution in [3.8, 4) is 5.75 Å². The van der Waals surface area contributed by atoms with E-state index in [-0.39, 0.29) is 6.61 Å². The summed E-state index contributed by atoms with van der Waals surface area (Å²) in [5, 5.41) is 9.15. The van der Waals surface area contributed by atoms with Crippen molar-refractivity contribution in [1.29, 1.82) is 0 Å². The number of methoxy groups -OCH3 is 1. The Bertz CT molecular complexity index is 391. The van der Waals surface area contributed by atoms with Gasteiger partial charge in [-0.1, -0.05) is 6.42 Å². The average Bonchev–Trinajstić information content (AvgIpc) is 2.26. The van der Waals surface area contributed by atoms with E-state index in [9.17, 15) is 0 Å². The van der Waals surface area contributed by atoms with Gasteiger partial charge in [-0.05, 0) is 30.5 Å². The Balaban J connectivity index is 2.07. The quantitative estimate of drug-likeness (QED) is 0.753. The van der Waals surface area contributed by atoms with E-state index in [4.69, 9.17) is 15.6 Å². The molecule has 4 nitrogen and oxygen atoms in total. The molecule has 0 heterocycles. The van der Waals surface area contributed by atoms with Crippen LogP contribution in [-0.2, 0) is 6.54 Å². The van der Waals surface area contributed by atoms with E-state index >= 15 is 0 Å². The van der Waals surface area contributed by atoms with Gasteiger partial charge in [-0.2, -0.15) is 0 Å². The zero-order valence-corrected chi connectivity index (χ0v) is 10.9. The number of nitrogens with zero attached hydrogens (tertiary/aromatic N) is 1. The molecule has 1 saturated carbocycles. The molecular weight excluding hydrogens is 228 g/mol. The number of nitrogens with two attached hydrogens (primary N) is 1. The van der Waals surface area contributed by atoms with Crippen LogP contribution in [0.5, 0.6) is 5.75 Å². The predicted octanol–water partition coefficient (Wildman–Crippen LogP) is 1.62. The van der Waals surface area contributed by atoms with E-state index in [0.29, 0.717) is 6.04 Å². The molecule has 0 unspecified atom stereocenters. The van der Waals surface area contributed by atoms with Crippen LogP contribution in [0.25, 0.3) is 0 Å². The number of ether oxygens (including phenoxy) is 1. The third-order valence-electron chi connectivity index (χ3n) is 3.59. The number of rotatable bonds is 6. The standard InChI is InChI=1S/C14H22N2O2/c1-18-14-8-11(7-12(15)9-14)10-16(5-6-17)13-3-2-4-13/h7-9,13,17H,2-6,10,15H2,1H3. The highest BCUT2D eigenvalue weighted by Crippen LogP contribution is 2.27. The van der Waals surface area contributed by atoms with Crippen LogP contribution in [0.1, 0.15) is 24.8 Å². The summed E-state index contributed by atoms with van der Waals surface area (Å²) in [6.07, 6.45) is 3.77. The molecule has 1 aliphatic rings. The van der Waals surface area contributed by atoms with Crippen LogP contribution < -0.4 is 10.5 Å². The van der Waals surface area contributed by atoms with E-state index < -0.39 is 0 Å². The summed E-state index contributed by atoms with van der Waals surface area (Å²) in [7, 11) is 1.65. The molecule has 0 spiro atoms. The Morgan fingerprint density at radius 2 is 2.17 bits per heavy atom. The maximum atomic E-state index is 9.15. The number of anilines is 1. The SMILES string of the molecule is COc1cc(N)cc(CN(CCO)C2CCC2)c1. The van der Waals surface area contributed by atoms with Gasteiger partial charge in [-0.25, -0.2) is 0 Å². The molecule has 1 aromatic rings.